The number of hydrogen-bond acceptors (Lipinski definition) is 5. The molecule has 0 fully saturated rings. The molecule has 1 N–H and O–H groups in total. The summed E-state index contributed by atoms with van der Waals surface area (Å²) in [6.07, 6.45) is 9.24. The van der Waals surface area contributed by atoms with E-state index in [0.717, 1.165) is 35.5 Å². The summed E-state index contributed by atoms with van der Waals surface area (Å²) in [4.78, 5) is 13.6. The van der Waals surface area contributed by atoms with Crippen LogP contribution in [0.25, 0.3) is 12.3 Å². The number of thiophene rings is 2. The molecule has 3 heterocycles. The van der Waals surface area contributed by atoms with E-state index in [9.17, 15) is 4.79 Å². The van der Waals surface area contributed by atoms with Crippen LogP contribution in [0.1, 0.15) is 21.0 Å². The number of anilines is 2. The van der Waals surface area contributed by atoms with Gasteiger partial charge in [-0.1, -0.05) is 42.5 Å². The molecule has 4 nitrogen and oxygen atoms in total. The number of nitrogens with one attached hydrogen (secondary N) is 1. The van der Waals surface area contributed by atoms with Crippen molar-refractivity contribution in [1.29, 1.82) is 0 Å². The van der Waals surface area contributed by atoms with E-state index < -0.39 is 0 Å². The highest BCUT2D eigenvalue weighted by atomic mass is 32.1. The van der Waals surface area contributed by atoms with E-state index >= 15 is 0 Å². The molecule has 6 heteroatoms. The Balaban J connectivity index is 1.64. The zero-order valence-electron chi connectivity index (χ0n) is 16.1. The highest BCUT2D eigenvalue weighted by Gasteiger charge is 2.39. The van der Waals surface area contributed by atoms with Crippen LogP contribution in [0.4, 0.5) is 11.5 Å². The van der Waals surface area contributed by atoms with Crippen LogP contribution in [-0.2, 0) is 16.6 Å². The van der Waals surface area contributed by atoms with Gasteiger partial charge in [-0.05, 0) is 41.1 Å². The summed E-state index contributed by atoms with van der Waals surface area (Å²) in [6.45, 7) is 0. The molecular formula is C24H19N3OS2. The maximum absolute atomic E-state index is 11.0. The lowest BCUT2D eigenvalue weighted by atomic mass is 9.76. The average molecular weight is 430 g/mol. The Hall–Kier alpha value is -3.22. The molecule has 30 heavy (non-hydrogen) atoms. The molecule has 0 bridgehead atoms. The lowest BCUT2D eigenvalue weighted by Gasteiger charge is -2.32. The van der Waals surface area contributed by atoms with Crippen LogP contribution in [0.2, 0.25) is 0 Å². The van der Waals surface area contributed by atoms with Gasteiger partial charge < -0.3 is 5.32 Å². The predicted octanol–water partition coefficient (Wildman–Crippen LogP) is 5.97. The Bertz CT molecular complexity index is 1170. The van der Waals surface area contributed by atoms with E-state index in [2.05, 4.69) is 52.5 Å². The molecule has 0 saturated heterocycles. The number of rotatable bonds is 6. The maximum Gasteiger partial charge on any atom is 0.160 e. The van der Waals surface area contributed by atoms with E-state index in [1.807, 2.05) is 35.0 Å². The zero-order valence-corrected chi connectivity index (χ0v) is 17.7. The summed E-state index contributed by atoms with van der Waals surface area (Å²) in [5, 5.41) is 12.4. The number of nitrogens with zero attached hydrogens (tertiary/aromatic N) is 2. The molecule has 1 aromatic carbocycles. The van der Waals surface area contributed by atoms with Gasteiger partial charge in [-0.25, -0.2) is 4.68 Å². The van der Waals surface area contributed by atoms with Crippen molar-refractivity contribution in [1.82, 2.24) is 9.78 Å². The maximum atomic E-state index is 11.0. The van der Waals surface area contributed by atoms with E-state index in [4.69, 9.17) is 5.10 Å². The summed E-state index contributed by atoms with van der Waals surface area (Å²) in [5.41, 5.74) is 2.88. The van der Waals surface area contributed by atoms with Gasteiger partial charge in [-0.3, -0.25) is 4.79 Å². The SMILES string of the molecule is O=CC=Cn1nc(Nc2ccccc2)c2c1CC(c1cccs1)(c1cccs1)C=C2. The van der Waals surface area contributed by atoms with Gasteiger partial charge in [0.25, 0.3) is 0 Å². The largest absolute Gasteiger partial charge is 0.338 e. The predicted molar refractivity (Wildman–Crippen MR) is 126 cm³/mol. The minimum atomic E-state index is -0.230. The summed E-state index contributed by atoms with van der Waals surface area (Å²) in [6, 6.07) is 18.6. The first-order valence-corrected chi connectivity index (χ1v) is 11.4. The van der Waals surface area contributed by atoms with Crippen molar-refractivity contribution >= 4 is 52.7 Å². The average Bonchev–Trinajstić information content (AvgIpc) is 3.55. The van der Waals surface area contributed by atoms with Crippen LogP contribution in [0, 0.1) is 0 Å². The summed E-state index contributed by atoms with van der Waals surface area (Å²) in [5.74, 6) is 0.786. The van der Waals surface area contributed by atoms with Gasteiger partial charge in [0.15, 0.2) is 5.82 Å². The van der Waals surface area contributed by atoms with E-state index in [0.29, 0.717) is 0 Å². The molecule has 148 valence electrons. The van der Waals surface area contributed by atoms with E-state index in [1.165, 1.54) is 15.8 Å². The monoisotopic (exact) mass is 429 g/mol. The first kappa shape index (κ1) is 18.8. The fourth-order valence-corrected chi connectivity index (χ4v) is 5.80. The molecule has 0 aliphatic heterocycles. The van der Waals surface area contributed by atoms with Gasteiger partial charge >= 0.3 is 0 Å². The summed E-state index contributed by atoms with van der Waals surface area (Å²) >= 11 is 3.54. The van der Waals surface area contributed by atoms with Crippen molar-refractivity contribution in [2.45, 2.75) is 11.8 Å². The topological polar surface area (TPSA) is 46.9 Å². The minimum absolute atomic E-state index is 0.230. The zero-order chi connectivity index (χ0) is 20.4. The molecule has 5 rings (SSSR count). The van der Waals surface area contributed by atoms with Crippen molar-refractivity contribution < 1.29 is 4.79 Å². The number of aldehydes is 1. The number of hydrogen-bond donors (Lipinski definition) is 1. The third-order valence-corrected chi connectivity index (χ3v) is 7.39. The van der Waals surface area contributed by atoms with Crippen molar-refractivity contribution in [3.8, 4) is 0 Å². The molecular weight excluding hydrogens is 410 g/mol. The molecule has 1 aliphatic rings. The minimum Gasteiger partial charge on any atom is -0.338 e. The fraction of sp³-hybridized carbons (Fsp3) is 0.0833. The van der Waals surface area contributed by atoms with Crippen LogP contribution in [0.15, 0.2) is 77.5 Å². The van der Waals surface area contributed by atoms with E-state index in [1.54, 1.807) is 28.9 Å². The lowest BCUT2D eigenvalue weighted by molar-refractivity contribution is -0.104. The molecule has 1 aliphatic carbocycles. The fourth-order valence-electron chi connectivity index (χ4n) is 3.90. The van der Waals surface area contributed by atoms with E-state index in [-0.39, 0.29) is 5.41 Å². The van der Waals surface area contributed by atoms with Crippen molar-refractivity contribution in [2.24, 2.45) is 0 Å². The van der Waals surface area contributed by atoms with Crippen LogP contribution in [-0.4, -0.2) is 16.1 Å². The number of carbonyl (C=O) groups excluding carboxylic acids is 1. The Labute approximate surface area is 182 Å². The molecule has 0 atom stereocenters. The number of fused-ring (bicyclic) bond motifs is 1. The summed E-state index contributed by atoms with van der Waals surface area (Å²) in [7, 11) is 0. The first-order valence-electron chi connectivity index (χ1n) is 9.63. The standard InChI is InChI=1S/C24H19N3OS2/c28-14-6-13-27-20-17-24(21-9-4-15-29-21,22-10-5-16-30-22)12-11-19(20)23(26-27)25-18-7-2-1-3-8-18/h1-16H,17H2,(H,25,26). The molecule has 0 radical (unpaired) electrons. The Morgan fingerprint density at radius 1 is 1.00 bits per heavy atom. The number of para-hydroxylation sites is 1. The second-order valence-electron chi connectivity index (χ2n) is 7.06. The lowest BCUT2D eigenvalue weighted by Crippen LogP contribution is -2.29. The van der Waals surface area contributed by atoms with Crippen LogP contribution < -0.4 is 5.32 Å². The molecule has 0 spiro atoms. The van der Waals surface area contributed by atoms with Crippen molar-refractivity contribution in [3.05, 3.63) is 98.5 Å². The number of aromatic nitrogens is 2. The second kappa shape index (κ2) is 7.89. The quantitative estimate of drug-likeness (QED) is 0.303. The first-order chi connectivity index (χ1) is 14.8. The Morgan fingerprint density at radius 3 is 2.37 bits per heavy atom. The molecule has 3 aromatic heterocycles. The van der Waals surface area contributed by atoms with Crippen molar-refractivity contribution in [3.63, 3.8) is 0 Å². The number of carbonyl (C=O) groups is 1. The van der Waals surface area contributed by atoms with Gasteiger partial charge in [0, 0.05) is 33.6 Å². The third kappa shape index (κ3) is 3.24. The number of benzene rings is 1. The molecule has 0 saturated carbocycles. The molecule has 0 unspecified atom stereocenters. The Kier molecular flexibility index (Phi) is 4.94. The number of allylic oxidation sites excluding steroid dienone is 2. The third-order valence-electron chi connectivity index (χ3n) is 5.30. The van der Waals surface area contributed by atoms with Gasteiger partial charge in [0.05, 0.1) is 11.1 Å². The highest BCUT2D eigenvalue weighted by molar-refractivity contribution is 7.11. The summed E-state index contributed by atoms with van der Waals surface area (Å²) < 4.78 is 1.83. The normalized spacial score (nSPS) is 14.7. The second-order valence-corrected chi connectivity index (χ2v) is 8.95. The molecule has 0 amide bonds. The molecule has 4 aromatic rings. The van der Waals surface area contributed by atoms with Crippen LogP contribution in [0.3, 0.4) is 0 Å². The van der Waals surface area contributed by atoms with Gasteiger partial charge in [-0.2, -0.15) is 0 Å². The van der Waals surface area contributed by atoms with Gasteiger partial charge in [0.1, 0.15) is 6.29 Å². The Morgan fingerprint density at radius 2 is 1.73 bits per heavy atom. The van der Waals surface area contributed by atoms with Crippen molar-refractivity contribution in [2.75, 3.05) is 5.32 Å². The van der Waals surface area contributed by atoms with Crippen LogP contribution in [0.5, 0.6) is 0 Å². The van der Waals surface area contributed by atoms with Gasteiger partial charge in [-0.15, -0.1) is 27.8 Å². The van der Waals surface area contributed by atoms with Crippen LogP contribution >= 0.6 is 22.7 Å². The highest BCUT2D eigenvalue weighted by Crippen LogP contribution is 2.46. The smallest absolute Gasteiger partial charge is 0.160 e. The van der Waals surface area contributed by atoms with Gasteiger partial charge in [0.2, 0.25) is 0 Å².